The molecule has 2 aromatic heterocycles. The molecule has 2 aromatic rings. The van der Waals surface area contributed by atoms with E-state index >= 15 is 0 Å². The number of imidazole rings is 1. The average molecular weight is 352 g/mol. The van der Waals surface area contributed by atoms with Crippen LogP contribution in [0.15, 0.2) is 15.9 Å². The van der Waals surface area contributed by atoms with E-state index in [0.717, 1.165) is 12.8 Å². The Morgan fingerprint density at radius 3 is 2.64 bits per heavy atom. The Bertz CT molecular complexity index is 826. The number of aliphatic hydroxyl groups is 1. The van der Waals surface area contributed by atoms with E-state index in [9.17, 15) is 14.7 Å². The molecule has 1 N–H and O–H groups in total. The zero-order valence-corrected chi connectivity index (χ0v) is 15.5. The van der Waals surface area contributed by atoms with Crippen LogP contribution in [0.25, 0.3) is 11.2 Å². The van der Waals surface area contributed by atoms with Crippen molar-refractivity contribution in [2.75, 3.05) is 6.61 Å². The predicted molar refractivity (Wildman–Crippen MR) is 95.6 cm³/mol. The fraction of sp³-hybridized carbons (Fsp3) is 0.706. The van der Waals surface area contributed by atoms with E-state index in [1.54, 1.807) is 25.5 Å². The van der Waals surface area contributed by atoms with Gasteiger partial charge in [0.2, 0.25) is 0 Å². The Labute approximate surface area is 146 Å². The molecule has 0 unspecified atom stereocenters. The zero-order valence-electron chi connectivity index (χ0n) is 15.5. The van der Waals surface area contributed by atoms with E-state index in [2.05, 4.69) is 4.98 Å². The number of rotatable bonds is 9. The normalized spacial score (nSPS) is 12.2. The maximum absolute atomic E-state index is 12.8. The van der Waals surface area contributed by atoms with Crippen LogP contribution in [0, 0.1) is 0 Å². The van der Waals surface area contributed by atoms with Crippen molar-refractivity contribution in [2.45, 2.75) is 65.3 Å². The topological polar surface area (TPSA) is 91.3 Å². The third-order valence-electron chi connectivity index (χ3n) is 4.10. The van der Waals surface area contributed by atoms with Crippen molar-refractivity contribution >= 4 is 11.2 Å². The Morgan fingerprint density at radius 2 is 2.00 bits per heavy atom. The first-order valence-electron chi connectivity index (χ1n) is 8.71. The van der Waals surface area contributed by atoms with Crippen molar-refractivity contribution in [1.29, 1.82) is 0 Å². The molecular formula is C17H28N4O4. The largest absolute Gasteiger partial charge is 0.390 e. The molecule has 0 saturated heterocycles. The van der Waals surface area contributed by atoms with Crippen LogP contribution < -0.4 is 11.2 Å². The van der Waals surface area contributed by atoms with Gasteiger partial charge in [-0.25, -0.2) is 9.78 Å². The smallest absolute Gasteiger partial charge is 0.332 e. The number of fused-ring (bicyclic) bond motifs is 1. The van der Waals surface area contributed by atoms with Crippen molar-refractivity contribution in [3.05, 3.63) is 27.2 Å². The lowest BCUT2D eigenvalue weighted by Crippen LogP contribution is -2.39. The summed E-state index contributed by atoms with van der Waals surface area (Å²) in [7, 11) is 1.61. The van der Waals surface area contributed by atoms with Crippen LogP contribution in [0.1, 0.15) is 46.5 Å². The molecule has 0 spiro atoms. The van der Waals surface area contributed by atoms with E-state index in [1.807, 2.05) is 6.92 Å². The average Bonchev–Trinajstić information content (AvgIpc) is 2.95. The zero-order chi connectivity index (χ0) is 18.6. The van der Waals surface area contributed by atoms with Crippen molar-refractivity contribution in [3.8, 4) is 0 Å². The standard InChI is InChI=1S/C17H28N4O4/c1-5-10-25-12-20-11-18-14-13(20)15(22)21(16(23)19(14)4)9-7-6-8-17(2,3)24/h11,24H,5-10,12H2,1-4H3. The second-order valence-corrected chi connectivity index (χ2v) is 6.99. The van der Waals surface area contributed by atoms with E-state index in [1.165, 1.54) is 15.5 Å². The lowest BCUT2D eigenvalue weighted by Gasteiger charge is -2.16. The molecule has 0 amide bonds. The van der Waals surface area contributed by atoms with E-state index in [-0.39, 0.29) is 18.0 Å². The molecule has 2 heterocycles. The Balaban J connectivity index is 2.29. The van der Waals surface area contributed by atoms with Gasteiger partial charge in [-0.15, -0.1) is 0 Å². The first kappa shape index (κ1) is 19.4. The van der Waals surface area contributed by atoms with Crippen molar-refractivity contribution in [1.82, 2.24) is 18.7 Å². The van der Waals surface area contributed by atoms with E-state index in [4.69, 9.17) is 4.74 Å². The van der Waals surface area contributed by atoms with Gasteiger partial charge >= 0.3 is 5.69 Å². The molecule has 8 nitrogen and oxygen atoms in total. The van der Waals surface area contributed by atoms with Gasteiger partial charge in [0, 0.05) is 20.2 Å². The molecule has 0 atom stereocenters. The van der Waals surface area contributed by atoms with Crippen LogP contribution in [-0.2, 0) is 25.1 Å². The molecule has 8 heteroatoms. The summed E-state index contributed by atoms with van der Waals surface area (Å²) in [6.07, 6.45) is 4.41. The fourth-order valence-electron chi connectivity index (χ4n) is 2.75. The summed E-state index contributed by atoms with van der Waals surface area (Å²) in [5.74, 6) is 0. The highest BCUT2D eigenvalue weighted by atomic mass is 16.5. The third kappa shape index (κ3) is 4.58. The van der Waals surface area contributed by atoms with Crippen LogP contribution in [0.3, 0.4) is 0 Å². The minimum Gasteiger partial charge on any atom is -0.390 e. The molecule has 25 heavy (non-hydrogen) atoms. The summed E-state index contributed by atoms with van der Waals surface area (Å²) in [5, 5.41) is 9.76. The number of ether oxygens (including phenoxy) is 1. The summed E-state index contributed by atoms with van der Waals surface area (Å²) in [4.78, 5) is 29.4. The monoisotopic (exact) mass is 352 g/mol. The van der Waals surface area contributed by atoms with Crippen molar-refractivity contribution < 1.29 is 9.84 Å². The summed E-state index contributed by atoms with van der Waals surface area (Å²) >= 11 is 0. The molecule has 0 saturated carbocycles. The molecule has 0 aliphatic heterocycles. The van der Waals surface area contributed by atoms with Gasteiger partial charge in [-0.2, -0.15) is 0 Å². The van der Waals surface area contributed by atoms with Gasteiger partial charge in [-0.1, -0.05) is 6.92 Å². The molecule has 0 aliphatic carbocycles. The molecule has 2 rings (SSSR count). The highest BCUT2D eigenvalue weighted by Gasteiger charge is 2.17. The van der Waals surface area contributed by atoms with Crippen molar-refractivity contribution in [3.63, 3.8) is 0 Å². The maximum atomic E-state index is 12.8. The van der Waals surface area contributed by atoms with Crippen LogP contribution >= 0.6 is 0 Å². The third-order valence-corrected chi connectivity index (χ3v) is 4.10. The Morgan fingerprint density at radius 1 is 1.28 bits per heavy atom. The van der Waals surface area contributed by atoms with Gasteiger partial charge in [-0.3, -0.25) is 13.9 Å². The maximum Gasteiger partial charge on any atom is 0.332 e. The number of aryl methyl sites for hydroxylation is 1. The number of hydrogen-bond donors (Lipinski definition) is 1. The molecule has 0 radical (unpaired) electrons. The molecule has 0 bridgehead atoms. The number of unbranched alkanes of at least 4 members (excludes halogenated alkanes) is 1. The second kappa shape index (κ2) is 7.97. The number of hydrogen-bond acceptors (Lipinski definition) is 5. The van der Waals surface area contributed by atoms with Gasteiger partial charge in [0.25, 0.3) is 5.56 Å². The lowest BCUT2D eigenvalue weighted by molar-refractivity contribution is 0.0678. The van der Waals surface area contributed by atoms with Crippen LogP contribution in [0.5, 0.6) is 0 Å². The summed E-state index contributed by atoms with van der Waals surface area (Å²) in [5.41, 5.74) is -0.724. The summed E-state index contributed by atoms with van der Waals surface area (Å²) in [6, 6.07) is 0. The quantitative estimate of drug-likeness (QED) is 0.685. The lowest BCUT2D eigenvalue weighted by atomic mass is 10.0. The van der Waals surface area contributed by atoms with Gasteiger partial charge in [0.05, 0.1) is 11.9 Å². The predicted octanol–water partition coefficient (Wildman–Crippen LogP) is 1.22. The SMILES string of the molecule is CCCOCn1cnc2c1c(=O)n(CCCCC(C)(C)O)c(=O)n2C. The highest BCUT2D eigenvalue weighted by Crippen LogP contribution is 2.12. The van der Waals surface area contributed by atoms with Crippen LogP contribution in [-0.4, -0.2) is 36.0 Å². The minimum absolute atomic E-state index is 0.233. The van der Waals surface area contributed by atoms with E-state index in [0.29, 0.717) is 37.2 Å². The summed E-state index contributed by atoms with van der Waals surface area (Å²) in [6.45, 7) is 6.65. The second-order valence-electron chi connectivity index (χ2n) is 6.99. The van der Waals surface area contributed by atoms with Gasteiger partial charge < -0.3 is 14.4 Å². The highest BCUT2D eigenvalue weighted by molar-refractivity contribution is 5.69. The van der Waals surface area contributed by atoms with Crippen LogP contribution in [0.2, 0.25) is 0 Å². The number of nitrogens with zero attached hydrogens (tertiary/aromatic N) is 4. The van der Waals surface area contributed by atoms with Gasteiger partial charge in [0.15, 0.2) is 11.2 Å². The van der Waals surface area contributed by atoms with Crippen molar-refractivity contribution in [2.24, 2.45) is 7.05 Å². The van der Waals surface area contributed by atoms with Gasteiger partial charge in [0.1, 0.15) is 6.73 Å². The molecule has 0 aliphatic rings. The minimum atomic E-state index is -0.741. The number of aromatic nitrogens is 4. The van der Waals surface area contributed by atoms with Crippen LogP contribution in [0.4, 0.5) is 0 Å². The Kier molecular flexibility index (Phi) is 6.18. The molecular weight excluding hydrogens is 324 g/mol. The first-order valence-corrected chi connectivity index (χ1v) is 8.71. The molecule has 0 aromatic carbocycles. The molecule has 140 valence electrons. The fourth-order valence-corrected chi connectivity index (χ4v) is 2.75. The first-order chi connectivity index (χ1) is 11.8. The van der Waals surface area contributed by atoms with Gasteiger partial charge in [-0.05, 0) is 39.5 Å². The Hall–Kier alpha value is -1.93. The molecule has 0 fully saturated rings. The summed E-state index contributed by atoms with van der Waals surface area (Å²) < 4.78 is 9.77. The van der Waals surface area contributed by atoms with E-state index < -0.39 is 5.60 Å².